The van der Waals surface area contributed by atoms with Crippen LogP contribution in [0.1, 0.15) is 21.5 Å². The highest BCUT2D eigenvalue weighted by Crippen LogP contribution is 2.23. The number of amides is 1. The lowest BCUT2D eigenvalue weighted by Gasteiger charge is -2.07. The van der Waals surface area contributed by atoms with E-state index in [2.05, 4.69) is 20.6 Å². The van der Waals surface area contributed by atoms with E-state index in [0.29, 0.717) is 12.1 Å². The average Bonchev–Trinajstić information content (AvgIpc) is 3.32. The van der Waals surface area contributed by atoms with Gasteiger partial charge in [0.1, 0.15) is 5.75 Å². The molecule has 1 aromatic carbocycles. The van der Waals surface area contributed by atoms with Crippen molar-refractivity contribution < 1.29 is 9.53 Å². The number of nitrogens with zero attached hydrogens (tertiary/aromatic N) is 3. The van der Waals surface area contributed by atoms with E-state index in [4.69, 9.17) is 4.74 Å². The number of rotatable bonds is 5. The van der Waals surface area contributed by atoms with Crippen molar-refractivity contribution in [2.75, 3.05) is 7.11 Å². The zero-order valence-electron chi connectivity index (χ0n) is 15.1. The van der Waals surface area contributed by atoms with Crippen LogP contribution < -0.4 is 10.1 Å². The summed E-state index contributed by atoms with van der Waals surface area (Å²) in [6.07, 6.45) is 5.20. The quantitative estimate of drug-likeness (QED) is 0.572. The summed E-state index contributed by atoms with van der Waals surface area (Å²) in [7, 11) is 1.63. The van der Waals surface area contributed by atoms with Gasteiger partial charge < -0.3 is 10.1 Å². The molecule has 0 aliphatic rings. The summed E-state index contributed by atoms with van der Waals surface area (Å²) >= 11 is 0. The van der Waals surface area contributed by atoms with Gasteiger partial charge in [0.2, 0.25) is 0 Å². The zero-order chi connectivity index (χ0) is 18.8. The van der Waals surface area contributed by atoms with E-state index < -0.39 is 0 Å². The van der Waals surface area contributed by atoms with Gasteiger partial charge in [-0.2, -0.15) is 10.2 Å². The van der Waals surface area contributed by atoms with E-state index in [1.54, 1.807) is 24.0 Å². The Morgan fingerprint density at radius 3 is 2.78 bits per heavy atom. The van der Waals surface area contributed by atoms with Crippen LogP contribution in [-0.4, -0.2) is 32.8 Å². The van der Waals surface area contributed by atoms with Crippen LogP contribution in [0.5, 0.6) is 5.75 Å². The summed E-state index contributed by atoms with van der Waals surface area (Å²) in [4.78, 5) is 12.6. The summed E-state index contributed by atoms with van der Waals surface area (Å²) < 4.78 is 6.90. The van der Waals surface area contributed by atoms with Crippen molar-refractivity contribution in [3.63, 3.8) is 0 Å². The highest BCUT2D eigenvalue weighted by molar-refractivity contribution is 6.00. The molecule has 136 valence electrons. The fourth-order valence-electron chi connectivity index (χ4n) is 2.99. The first-order valence-electron chi connectivity index (χ1n) is 8.54. The van der Waals surface area contributed by atoms with Gasteiger partial charge in [-0.25, -0.2) is 4.52 Å². The van der Waals surface area contributed by atoms with Crippen molar-refractivity contribution in [1.29, 1.82) is 0 Å². The minimum atomic E-state index is -0.171. The predicted molar refractivity (Wildman–Crippen MR) is 102 cm³/mol. The number of ether oxygens (including phenoxy) is 1. The van der Waals surface area contributed by atoms with Gasteiger partial charge in [0.15, 0.2) is 0 Å². The number of hydrogen-bond acceptors (Lipinski definition) is 4. The van der Waals surface area contributed by atoms with E-state index in [0.717, 1.165) is 33.7 Å². The topological polar surface area (TPSA) is 84.3 Å². The van der Waals surface area contributed by atoms with Crippen molar-refractivity contribution in [1.82, 2.24) is 25.1 Å². The van der Waals surface area contributed by atoms with Crippen molar-refractivity contribution in [2.24, 2.45) is 0 Å². The molecular weight excluding hydrogens is 342 g/mol. The molecule has 0 atom stereocenters. The highest BCUT2D eigenvalue weighted by Gasteiger charge is 2.14. The molecule has 0 bridgehead atoms. The molecule has 3 heterocycles. The Bertz CT molecular complexity index is 1100. The van der Waals surface area contributed by atoms with E-state index in [9.17, 15) is 4.79 Å². The molecule has 0 fully saturated rings. The molecular formula is C20H19N5O2. The van der Waals surface area contributed by atoms with Crippen LogP contribution >= 0.6 is 0 Å². The molecule has 0 saturated heterocycles. The number of carbonyl (C=O) groups excluding carboxylic acids is 1. The summed E-state index contributed by atoms with van der Waals surface area (Å²) in [5, 5.41) is 14.3. The van der Waals surface area contributed by atoms with Crippen LogP contribution in [0.2, 0.25) is 0 Å². The average molecular weight is 361 g/mol. The number of benzene rings is 1. The van der Waals surface area contributed by atoms with Gasteiger partial charge in [0.05, 0.1) is 36.3 Å². The Morgan fingerprint density at radius 2 is 2.00 bits per heavy atom. The SMILES string of the molecule is COc1ccc(-c2[nH]ncc2CNC(=O)c2cnn3cc(C)ccc23)cc1. The number of methoxy groups -OCH3 is 1. The Kier molecular flexibility index (Phi) is 4.33. The molecule has 0 unspecified atom stereocenters. The number of aryl methyl sites for hydroxylation is 1. The minimum Gasteiger partial charge on any atom is -0.497 e. The van der Waals surface area contributed by atoms with Crippen LogP contribution in [0.3, 0.4) is 0 Å². The second kappa shape index (κ2) is 6.95. The molecule has 0 aliphatic carbocycles. The van der Waals surface area contributed by atoms with Crippen LogP contribution in [-0.2, 0) is 6.54 Å². The van der Waals surface area contributed by atoms with Crippen molar-refractivity contribution in [2.45, 2.75) is 13.5 Å². The molecule has 0 saturated carbocycles. The molecule has 7 nitrogen and oxygen atoms in total. The van der Waals surface area contributed by atoms with Gasteiger partial charge in [-0.15, -0.1) is 0 Å². The second-order valence-electron chi connectivity index (χ2n) is 6.28. The normalized spacial score (nSPS) is 10.9. The van der Waals surface area contributed by atoms with Crippen molar-refractivity contribution in [3.05, 3.63) is 71.7 Å². The smallest absolute Gasteiger partial charge is 0.255 e. The molecule has 1 amide bonds. The van der Waals surface area contributed by atoms with Crippen molar-refractivity contribution >= 4 is 11.4 Å². The van der Waals surface area contributed by atoms with Gasteiger partial charge >= 0.3 is 0 Å². The van der Waals surface area contributed by atoms with Gasteiger partial charge in [-0.3, -0.25) is 9.89 Å². The lowest BCUT2D eigenvalue weighted by Crippen LogP contribution is -2.22. The molecule has 4 rings (SSSR count). The Hall–Kier alpha value is -3.61. The number of hydrogen-bond donors (Lipinski definition) is 2. The highest BCUT2D eigenvalue weighted by atomic mass is 16.5. The molecule has 7 heteroatoms. The number of aromatic nitrogens is 4. The van der Waals surface area contributed by atoms with Gasteiger partial charge in [-0.1, -0.05) is 6.07 Å². The first-order chi connectivity index (χ1) is 13.2. The third-order valence-corrected chi connectivity index (χ3v) is 4.44. The van der Waals surface area contributed by atoms with Gasteiger partial charge in [0.25, 0.3) is 5.91 Å². The standard InChI is InChI=1S/C20H19N5O2/c1-13-3-8-18-17(11-23-25(18)12-13)20(26)21-9-15-10-22-24-19(15)14-4-6-16(27-2)7-5-14/h3-8,10-12H,9H2,1-2H3,(H,21,26)(H,22,24). The number of fused-ring (bicyclic) bond motifs is 1. The molecule has 3 aromatic heterocycles. The number of pyridine rings is 1. The van der Waals surface area contributed by atoms with E-state index in [-0.39, 0.29) is 5.91 Å². The molecule has 0 radical (unpaired) electrons. The maximum absolute atomic E-state index is 12.6. The first kappa shape index (κ1) is 16.8. The fraction of sp³-hybridized carbons (Fsp3) is 0.150. The number of nitrogens with one attached hydrogen (secondary N) is 2. The monoisotopic (exact) mass is 361 g/mol. The second-order valence-corrected chi connectivity index (χ2v) is 6.28. The summed E-state index contributed by atoms with van der Waals surface area (Å²) in [6, 6.07) is 11.5. The maximum atomic E-state index is 12.6. The van der Waals surface area contributed by atoms with Gasteiger partial charge in [0, 0.05) is 23.9 Å². The fourth-order valence-corrected chi connectivity index (χ4v) is 2.99. The third-order valence-electron chi connectivity index (χ3n) is 4.44. The zero-order valence-corrected chi connectivity index (χ0v) is 15.1. The third kappa shape index (κ3) is 3.27. The molecule has 4 aromatic rings. The summed E-state index contributed by atoms with van der Waals surface area (Å²) in [5.41, 5.74) is 5.16. The van der Waals surface area contributed by atoms with E-state index in [1.807, 2.05) is 49.5 Å². The Morgan fingerprint density at radius 1 is 1.19 bits per heavy atom. The molecule has 0 aliphatic heterocycles. The van der Waals surface area contributed by atoms with Crippen LogP contribution in [0, 0.1) is 6.92 Å². The number of aromatic amines is 1. The lowest BCUT2D eigenvalue weighted by atomic mass is 10.1. The first-order valence-corrected chi connectivity index (χ1v) is 8.54. The molecule has 2 N–H and O–H groups in total. The predicted octanol–water partition coefficient (Wildman–Crippen LogP) is 2.97. The Labute approximate surface area is 156 Å². The summed E-state index contributed by atoms with van der Waals surface area (Å²) in [5.74, 6) is 0.618. The lowest BCUT2D eigenvalue weighted by molar-refractivity contribution is 0.0952. The van der Waals surface area contributed by atoms with Crippen LogP contribution in [0.15, 0.2) is 55.0 Å². The van der Waals surface area contributed by atoms with Gasteiger partial charge in [-0.05, 0) is 42.8 Å². The summed E-state index contributed by atoms with van der Waals surface area (Å²) in [6.45, 7) is 2.35. The number of carbonyl (C=O) groups is 1. The van der Waals surface area contributed by atoms with E-state index >= 15 is 0 Å². The molecule has 27 heavy (non-hydrogen) atoms. The molecule has 0 spiro atoms. The maximum Gasteiger partial charge on any atom is 0.255 e. The van der Waals surface area contributed by atoms with Crippen LogP contribution in [0.25, 0.3) is 16.8 Å². The number of H-pyrrole nitrogens is 1. The van der Waals surface area contributed by atoms with Crippen LogP contribution in [0.4, 0.5) is 0 Å². The largest absolute Gasteiger partial charge is 0.497 e. The van der Waals surface area contributed by atoms with E-state index in [1.165, 1.54) is 0 Å². The Balaban J connectivity index is 1.52. The minimum absolute atomic E-state index is 0.171. The van der Waals surface area contributed by atoms with Crippen molar-refractivity contribution in [3.8, 4) is 17.0 Å².